The van der Waals surface area contributed by atoms with Gasteiger partial charge in [-0.2, -0.15) is 0 Å². The molecule has 448 valence electrons. The van der Waals surface area contributed by atoms with Crippen LogP contribution in [0, 0.1) is 0 Å². The normalized spacial score (nSPS) is 15.9. The first-order chi connectivity index (χ1) is 45.2. The second-order valence-corrected chi connectivity index (χ2v) is 25.6. The van der Waals surface area contributed by atoms with Crippen LogP contribution in [0.1, 0.15) is 108 Å². The molecule has 0 spiro atoms. The Hall–Kier alpha value is -10.5. The van der Waals surface area contributed by atoms with Crippen molar-refractivity contribution in [3.05, 3.63) is 354 Å². The van der Waals surface area contributed by atoms with Crippen LogP contribution in [0.3, 0.4) is 0 Å². The second kappa shape index (κ2) is 24.4. The van der Waals surface area contributed by atoms with Crippen molar-refractivity contribution < 1.29 is 9.47 Å². The lowest BCUT2D eigenvalue weighted by molar-refractivity contribution is 0.301. The monoisotopic (exact) mass is 1190 g/mol. The third-order valence-corrected chi connectivity index (χ3v) is 20.3. The summed E-state index contributed by atoms with van der Waals surface area (Å²) in [5.74, 6) is 1.79. The molecule has 0 N–H and O–H groups in total. The molecule has 3 aliphatic carbocycles. The van der Waals surface area contributed by atoms with E-state index in [1.54, 1.807) is 0 Å². The average molecular weight is 1190 g/mol. The lowest BCUT2D eigenvalue weighted by Crippen LogP contribution is -2.27. The third-order valence-electron chi connectivity index (χ3n) is 20.3. The SMILES string of the molecule is C=Cc1ccc(OCCCCC2(c3ccccc3)c3ccccc3-c3ccc(-c4ccc(N(c5ccc(-c6ccc7c(c6)C(CCCCOc6ccc(C=C)cc6)(c6ccccc6)c6ccccc6-7)cc5)c5ccc6c(c5)C(C)(C)c5ccccc5-6)cc4)cc32)cc1. The molecule has 0 aromatic heterocycles. The quantitative estimate of drug-likeness (QED) is 0.0669. The van der Waals surface area contributed by atoms with E-state index < -0.39 is 0 Å². The van der Waals surface area contributed by atoms with Crippen LogP contribution >= 0.6 is 0 Å². The van der Waals surface area contributed by atoms with Gasteiger partial charge in [0.1, 0.15) is 11.5 Å². The molecule has 2 unspecified atom stereocenters. The Morgan fingerprint density at radius 2 is 0.674 bits per heavy atom. The Kier molecular flexibility index (Phi) is 15.3. The van der Waals surface area contributed by atoms with Crippen LogP contribution in [0.2, 0.25) is 0 Å². The molecule has 12 aromatic carbocycles. The number of fused-ring (bicyclic) bond motifs is 9. The maximum atomic E-state index is 6.30. The van der Waals surface area contributed by atoms with Gasteiger partial charge < -0.3 is 14.4 Å². The van der Waals surface area contributed by atoms with Crippen molar-refractivity contribution in [2.45, 2.75) is 68.6 Å². The predicted octanol–water partition coefficient (Wildman–Crippen LogP) is 23.2. The summed E-state index contributed by atoms with van der Waals surface area (Å²) in [6, 6.07) is 106. The molecule has 0 heterocycles. The van der Waals surface area contributed by atoms with Crippen molar-refractivity contribution in [3.8, 4) is 67.1 Å². The second-order valence-electron chi connectivity index (χ2n) is 25.6. The van der Waals surface area contributed by atoms with Gasteiger partial charge in [-0.25, -0.2) is 0 Å². The fourth-order valence-corrected chi connectivity index (χ4v) is 15.6. The van der Waals surface area contributed by atoms with Gasteiger partial charge in [0.2, 0.25) is 0 Å². The van der Waals surface area contributed by atoms with E-state index in [-0.39, 0.29) is 16.2 Å². The van der Waals surface area contributed by atoms with Crippen LogP contribution < -0.4 is 14.4 Å². The lowest BCUT2D eigenvalue weighted by atomic mass is 9.69. The zero-order valence-electron chi connectivity index (χ0n) is 52.6. The van der Waals surface area contributed by atoms with Crippen molar-refractivity contribution >= 4 is 29.2 Å². The van der Waals surface area contributed by atoms with Crippen LogP contribution in [0.4, 0.5) is 17.1 Å². The van der Waals surface area contributed by atoms with E-state index in [0.29, 0.717) is 13.2 Å². The Labute approximate surface area is 543 Å². The molecule has 15 rings (SSSR count). The van der Waals surface area contributed by atoms with E-state index in [1.165, 1.54) is 100 Å². The van der Waals surface area contributed by atoms with Gasteiger partial charge in [0, 0.05) is 33.3 Å². The molecular formula is C89H75NO2. The molecule has 2 atom stereocenters. The summed E-state index contributed by atoms with van der Waals surface area (Å²) >= 11 is 0. The highest BCUT2D eigenvalue weighted by molar-refractivity contribution is 5.90. The van der Waals surface area contributed by atoms with E-state index in [4.69, 9.17) is 9.47 Å². The minimum atomic E-state index is -0.329. The highest BCUT2D eigenvalue weighted by Crippen LogP contribution is 2.58. The number of hydrogen-bond acceptors (Lipinski definition) is 3. The van der Waals surface area contributed by atoms with Gasteiger partial charge >= 0.3 is 0 Å². The van der Waals surface area contributed by atoms with E-state index in [1.807, 2.05) is 36.4 Å². The Balaban J connectivity index is 0.766. The first kappa shape index (κ1) is 57.9. The van der Waals surface area contributed by atoms with Gasteiger partial charge in [-0.15, -0.1) is 0 Å². The highest BCUT2D eigenvalue weighted by atomic mass is 16.5. The first-order valence-electron chi connectivity index (χ1n) is 32.8. The van der Waals surface area contributed by atoms with Crippen molar-refractivity contribution in [2.24, 2.45) is 0 Å². The van der Waals surface area contributed by atoms with Crippen molar-refractivity contribution in [3.63, 3.8) is 0 Å². The summed E-state index contributed by atoms with van der Waals surface area (Å²) in [5.41, 5.74) is 28.2. The van der Waals surface area contributed by atoms with Gasteiger partial charge in [0.15, 0.2) is 0 Å². The van der Waals surface area contributed by atoms with Crippen LogP contribution in [0.15, 0.2) is 298 Å². The third kappa shape index (κ3) is 10.2. The average Bonchev–Trinajstić information content (AvgIpc) is 1.56. The minimum Gasteiger partial charge on any atom is -0.494 e. The first-order valence-corrected chi connectivity index (χ1v) is 32.8. The van der Waals surface area contributed by atoms with Crippen molar-refractivity contribution in [2.75, 3.05) is 18.1 Å². The van der Waals surface area contributed by atoms with Crippen molar-refractivity contribution in [1.29, 1.82) is 0 Å². The predicted molar refractivity (Wildman–Crippen MR) is 385 cm³/mol. The van der Waals surface area contributed by atoms with Crippen LogP contribution in [-0.4, -0.2) is 13.2 Å². The van der Waals surface area contributed by atoms with Gasteiger partial charge in [-0.05, 0) is 223 Å². The maximum Gasteiger partial charge on any atom is 0.119 e. The fraction of sp³-hybridized carbons (Fsp3) is 0.146. The molecule has 0 radical (unpaired) electrons. The topological polar surface area (TPSA) is 21.7 Å². The van der Waals surface area contributed by atoms with Crippen LogP contribution in [0.5, 0.6) is 11.5 Å². The van der Waals surface area contributed by atoms with Crippen LogP contribution in [0.25, 0.3) is 67.8 Å². The molecule has 0 aliphatic heterocycles. The number of anilines is 3. The number of ether oxygens (including phenoxy) is 2. The number of hydrogen-bond donors (Lipinski definition) is 0. The molecule has 3 aliphatic rings. The van der Waals surface area contributed by atoms with Gasteiger partial charge in [0.25, 0.3) is 0 Å². The molecule has 3 heteroatoms. The van der Waals surface area contributed by atoms with Gasteiger partial charge in [-0.3, -0.25) is 0 Å². The Morgan fingerprint density at radius 3 is 1.12 bits per heavy atom. The van der Waals surface area contributed by atoms with Crippen LogP contribution in [-0.2, 0) is 16.2 Å². The number of benzene rings is 12. The smallest absolute Gasteiger partial charge is 0.119 e. The number of unbranched alkanes of at least 4 members (excludes halogenated alkanes) is 2. The summed E-state index contributed by atoms with van der Waals surface area (Å²) in [6.45, 7) is 13.9. The minimum absolute atomic E-state index is 0.163. The van der Waals surface area contributed by atoms with E-state index >= 15 is 0 Å². The number of nitrogens with zero attached hydrogens (tertiary/aromatic N) is 1. The molecule has 0 fully saturated rings. The molecular weight excluding hydrogens is 1110 g/mol. The van der Waals surface area contributed by atoms with Gasteiger partial charge in [0.05, 0.1) is 13.2 Å². The zero-order chi connectivity index (χ0) is 62.2. The lowest BCUT2D eigenvalue weighted by Gasteiger charge is -2.33. The van der Waals surface area contributed by atoms with E-state index in [0.717, 1.165) is 78.2 Å². The molecule has 0 saturated carbocycles. The molecule has 3 nitrogen and oxygen atoms in total. The Morgan fingerprint density at radius 1 is 0.315 bits per heavy atom. The van der Waals surface area contributed by atoms with E-state index in [9.17, 15) is 0 Å². The molecule has 12 aromatic rings. The summed E-state index contributed by atoms with van der Waals surface area (Å²) in [5, 5.41) is 0. The van der Waals surface area contributed by atoms with Gasteiger partial charge in [-0.1, -0.05) is 251 Å². The summed E-state index contributed by atoms with van der Waals surface area (Å²) in [6.07, 6.45) is 9.52. The summed E-state index contributed by atoms with van der Waals surface area (Å²) in [4.78, 5) is 2.45. The molecule has 92 heavy (non-hydrogen) atoms. The summed E-state index contributed by atoms with van der Waals surface area (Å²) < 4.78 is 12.6. The van der Waals surface area contributed by atoms with Crippen molar-refractivity contribution in [1.82, 2.24) is 0 Å². The van der Waals surface area contributed by atoms with E-state index in [2.05, 4.69) is 293 Å². The fourth-order valence-electron chi connectivity index (χ4n) is 15.6. The summed E-state index contributed by atoms with van der Waals surface area (Å²) in [7, 11) is 0. The molecule has 0 bridgehead atoms. The molecule has 0 amide bonds. The number of rotatable bonds is 21. The largest absolute Gasteiger partial charge is 0.494 e. The molecule has 0 saturated heterocycles. The zero-order valence-corrected chi connectivity index (χ0v) is 52.6. The highest BCUT2D eigenvalue weighted by Gasteiger charge is 2.46. The standard InChI is InChI=1S/C89H75NO2/c1-5-62-33-48-73(49-34-62)91-57-21-19-55-88(68-23-9-7-10-24-68)82-31-17-14-28-76(82)79-52-41-66(59-85(79)88)64-37-43-70(44-38-64)90(72-47-54-78-75-27-13-16-30-81(75)87(3,4)84(78)61-72)71-45-39-65(40-46-71)67-42-53-80-77-29-15-18-32-83(77)89(86(80)60-67,69-25-11-8-12-26-69)56-20-22-58-92-74-50-35-63(6-2)36-51-74/h5-18,23-54,59-61H,1-2,19-22,55-58H2,3-4H3. The maximum absolute atomic E-state index is 6.30. The Bertz CT molecular complexity index is 4430.